The maximum absolute atomic E-state index is 14.0. The molecule has 2 amide bonds. The molecular weight excluding hydrogens is 526 g/mol. The molecule has 222 valence electrons. The van der Waals surface area contributed by atoms with E-state index in [1.165, 1.54) is 23.3 Å². The van der Waals surface area contributed by atoms with Crippen molar-refractivity contribution in [3.05, 3.63) is 82.2 Å². The number of benzene rings is 2. The van der Waals surface area contributed by atoms with Gasteiger partial charge in [0, 0.05) is 18.2 Å². The van der Waals surface area contributed by atoms with Crippen molar-refractivity contribution < 1.29 is 23.2 Å². The van der Waals surface area contributed by atoms with Crippen LogP contribution in [-0.2, 0) is 17.4 Å². The van der Waals surface area contributed by atoms with Gasteiger partial charge in [-0.05, 0) is 67.3 Å². The van der Waals surface area contributed by atoms with Crippen LogP contribution in [-0.4, -0.2) is 35.0 Å². The molecule has 2 atom stereocenters. The van der Waals surface area contributed by atoms with Crippen molar-refractivity contribution in [2.75, 3.05) is 11.9 Å². The maximum atomic E-state index is 14.0. The Balaban J connectivity index is 1.56. The van der Waals surface area contributed by atoms with Crippen molar-refractivity contribution >= 4 is 11.7 Å². The number of anilines is 1. The molecule has 0 radical (unpaired) electrons. The second-order valence-electron chi connectivity index (χ2n) is 12.3. The van der Waals surface area contributed by atoms with E-state index in [4.69, 9.17) is 4.52 Å². The molecule has 1 aliphatic carbocycles. The minimum atomic E-state index is -1.05. The molecule has 0 aliphatic heterocycles. The number of rotatable bonds is 9. The lowest BCUT2D eigenvalue weighted by Crippen LogP contribution is -2.54. The Labute approximate surface area is 241 Å². The number of hydrogen-bond acceptors (Lipinski definition) is 5. The van der Waals surface area contributed by atoms with Crippen molar-refractivity contribution in [3.8, 4) is 0 Å². The van der Waals surface area contributed by atoms with E-state index in [1.54, 1.807) is 13.8 Å². The fourth-order valence-corrected chi connectivity index (χ4v) is 5.69. The quantitative estimate of drug-likeness (QED) is 0.239. The lowest BCUT2D eigenvalue weighted by Gasteiger charge is -2.41. The van der Waals surface area contributed by atoms with Crippen molar-refractivity contribution in [1.29, 1.82) is 0 Å². The Kier molecular flexibility index (Phi) is 9.49. The molecule has 1 aromatic heterocycles. The molecule has 4 rings (SSSR count). The van der Waals surface area contributed by atoms with Gasteiger partial charge in [0.05, 0.1) is 12.1 Å². The normalized spacial score (nSPS) is 16.7. The lowest BCUT2D eigenvalue weighted by molar-refractivity contribution is 0.107. The molecule has 9 heteroatoms. The summed E-state index contributed by atoms with van der Waals surface area (Å²) in [5, 5.41) is 24.5. The van der Waals surface area contributed by atoms with Gasteiger partial charge in [-0.15, -0.1) is 0 Å². The summed E-state index contributed by atoms with van der Waals surface area (Å²) in [4.78, 5) is 13.0. The van der Waals surface area contributed by atoms with E-state index in [9.17, 15) is 18.7 Å². The fourth-order valence-electron chi connectivity index (χ4n) is 5.69. The molecule has 1 heterocycles. The van der Waals surface area contributed by atoms with Crippen LogP contribution < -0.4 is 16.0 Å². The highest BCUT2D eigenvalue weighted by molar-refractivity contribution is 5.90. The Bertz CT molecular complexity index is 1310. The molecule has 1 fully saturated rings. The van der Waals surface area contributed by atoms with Gasteiger partial charge in [-0.2, -0.15) is 0 Å². The monoisotopic (exact) mass is 568 g/mol. The smallest absolute Gasteiger partial charge is 0.319 e. The van der Waals surface area contributed by atoms with Gasteiger partial charge in [0.2, 0.25) is 0 Å². The number of urea groups is 1. The van der Waals surface area contributed by atoms with Crippen molar-refractivity contribution in [3.63, 3.8) is 0 Å². The highest BCUT2D eigenvalue weighted by Gasteiger charge is 2.35. The van der Waals surface area contributed by atoms with Crippen LogP contribution in [0.5, 0.6) is 0 Å². The summed E-state index contributed by atoms with van der Waals surface area (Å²) in [5.74, 6) is -0.988. The van der Waals surface area contributed by atoms with Crippen LogP contribution in [0.1, 0.15) is 81.0 Å². The zero-order valence-electron chi connectivity index (χ0n) is 24.6. The van der Waals surface area contributed by atoms with Gasteiger partial charge in [-0.1, -0.05) is 69.5 Å². The largest absolute Gasteiger partial charge is 0.390 e. The molecule has 1 saturated carbocycles. The predicted octanol–water partition coefficient (Wildman–Crippen LogP) is 6.41. The topological polar surface area (TPSA) is 99.4 Å². The first-order valence-corrected chi connectivity index (χ1v) is 14.4. The number of amides is 2. The first-order valence-electron chi connectivity index (χ1n) is 14.4. The summed E-state index contributed by atoms with van der Waals surface area (Å²) < 4.78 is 33.1. The number of hydrogen-bond donors (Lipinski definition) is 4. The molecule has 0 saturated heterocycles. The van der Waals surface area contributed by atoms with Crippen LogP contribution in [0.2, 0.25) is 0 Å². The number of carbonyl (C=O) groups is 1. The number of aryl methyl sites for hydroxylation is 2. The van der Waals surface area contributed by atoms with Crippen molar-refractivity contribution in [2.45, 2.75) is 96.2 Å². The first-order chi connectivity index (χ1) is 19.4. The van der Waals surface area contributed by atoms with E-state index >= 15 is 0 Å². The summed E-state index contributed by atoms with van der Waals surface area (Å²) in [7, 11) is 0. The summed E-state index contributed by atoms with van der Waals surface area (Å²) in [6.07, 6.45) is 4.10. The number of nitrogens with zero attached hydrogens (tertiary/aromatic N) is 1. The highest BCUT2D eigenvalue weighted by Crippen LogP contribution is 2.38. The zero-order chi connectivity index (χ0) is 29.8. The van der Waals surface area contributed by atoms with Crippen LogP contribution in [0.4, 0.5) is 19.3 Å². The molecule has 2 aromatic carbocycles. The molecule has 0 bridgehead atoms. The zero-order valence-corrected chi connectivity index (χ0v) is 24.6. The Hall–Kier alpha value is -3.30. The Morgan fingerprint density at radius 3 is 2.37 bits per heavy atom. The maximum Gasteiger partial charge on any atom is 0.319 e. The first kappa shape index (κ1) is 30.7. The minimum absolute atomic E-state index is 0.00476. The van der Waals surface area contributed by atoms with E-state index in [1.807, 2.05) is 0 Å². The summed E-state index contributed by atoms with van der Waals surface area (Å²) in [5.41, 5.74) is 3.38. The van der Waals surface area contributed by atoms with Crippen LogP contribution in [0.15, 0.2) is 47.0 Å². The van der Waals surface area contributed by atoms with Gasteiger partial charge >= 0.3 is 6.03 Å². The SMILES string of the molecule is Cc1noc(C)c1NC(=O)NC(Cc1cc(F)cc(F)c1)C(O)CNC1(c2cccc(C(C)(C)C)c2)CCCCC1. The third-order valence-electron chi connectivity index (χ3n) is 8.07. The Morgan fingerprint density at radius 1 is 1.07 bits per heavy atom. The molecular formula is C32H42F2N4O3. The van der Waals surface area contributed by atoms with Crippen LogP contribution >= 0.6 is 0 Å². The molecule has 2 unspecified atom stereocenters. The second-order valence-corrected chi connectivity index (χ2v) is 12.3. The van der Waals surface area contributed by atoms with Gasteiger partial charge in [-0.3, -0.25) is 0 Å². The van der Waals surface area contributed by atoms with E-state index in [0.29, 0.717) is 22.7 Å². The highest BCUT2D eigenvalue weighted by atomic mass is 19.1. The predicted molar refractivity (Wildman–Crippen MR) is 156 cm³/mol. The van der Waals surface area contributed by atoms with Crippen LogP contribution in [0.3, 0.4) is 0 Å². The number of carbonyl (C=O) groups excluding carboxylic acids is 1. The second kappa shape index (κ2) is 12.7. The average Bonchev–Trinajstić information content (AvgIpc) is 3.23. The summed E-state index contributed by atoms with van der Waals surface area (Å²) in [6.45, 7) is 10.1. The summed E-state index contributed by atoms with van der Waals surface area (Å²) in [6, 6.07) is 10.4. The number of aliphatic hydroxyl groups excluding tert-OH is 1. The van der Waals surface area contributed by atoms with E-state index in [-0.39, 0.29) is 23.9 Å². The average molecular weight is 569 g/mol. The van der Waals surface area contributed by atoms with Gasteiger partial charge in [-0.25, -0.2) is 13.6 Å². The number of aromatic nitrogens is 1. The number of aliphatic hydroxyl groups is 1. The van der Waals surface area contributed by atoms with E-state index < -0.39 is 29.8 Å². The molecule has 7 nitrogen and oxygen atoms in total. The van der Waals surface area contributed by atoms with E-state index in [2.05, 4.69) is 66.1 Å². The number of halogens is 2. The van der Waals surface area contributed by atoms with Gasteiger partial charge in [0.15, 0.2) is 5.76 Å². The minimum Gasteiger partial charge on any atom is -0.390 e. The standard InChI is InChI=1S/C32H42F2N4O3/c1-20-29(21(2)41-38-20)37-30(40)36-27(16-22-14-25(33)18-26(34)15-22)28(39)19-35-32(12-7-6-8-13-32)24-11-9-10-23(17-24)31(3,4)5/h9-11,14-15,17-18,27-28,35,39H,6-8,12-13,16,19H2,1-5H3,(H2,36,37,40). The molecule has 3 aromatic rings. The number of nitrogens with one attached hydrogen (secondary N) is 3. The third kappa shape index (κ3) is 7.71. The van der Waals surface area contributed by atoms with Gasteiger partial charge < -0.3 is 25.6 Å². The van der Waals surface area contributed by atoms with Gasteiger partial charge in [0.25, 0.3) is 0 Å². The lowest BCUT2D eigenvalue weighted by atomic mass is 9.74. The third-order valence-corrected chi connectivity index (χ3v) is 8.07. The molecule has 4 N–H and O–H groups in total. The molecule has 41 heavy (non-hydrogen) atoms. The van der Waals surface area contributed by atoms with Gasteiger partial charge in [0.1, 0.15) is 23.0 Å². The van der Waals surface area contributed by atoms with Crippen molar-refractivity contribution in [2.24, 2.45) is 0 Å². The fraction of sp³-hybridized carbons (Fsp3) is 0.500. The molecule has 1 aliphatic rings. The van der Waals surface area contributed by atoms with Crippen LogP contribution in [0.25, 0.3) is 0 Å². The Morgan fingerprint density at radius 2 is 1.76 bits per heavy atom. The summed E-state index contributed by atoms with van der Waals surface area (Å²) >= 11 is 0. The van der Waals surface area contributed by atoms with Crippen LogP contribution in [0, 0.1) is 25.5 Å². The van der Waals surface area contributed by atoms with E-state index in [0.717, 1.165) is 38.2 Å². The molecule has 0 spiro atoms. The van der Waals surface area contributed by atoms with Crippen molar-refractivity contribution in [1.82, 2.24) is 15.8 Å².